The zero-order valence-electron chi connectivity index (χ0n) is 8.60. The third kappa shape index (κ3) is 2.14. The van der Waals surface area contributed by atoms with Gasteiger partial charge in [0.2, 0.25) is 0 Å². The van der Waals surface area contributed by atoms with Crippen molar-refractivity contribution in [2.45, 2.75) is 38.4 Å². The van der Waals surface area contributed by atoms with E-state index in [1.807, 2.05) is 0 Å². The SMILES string of the molecule is CC1C2CCN(I)C2CCC1C(F)(F)F. The summed E-state index contributed by atoms with van der Waals surface area (Å²) < 4.78 is 40.4. The first-order chi connectivity index (χ1) is 6.91. The third-order valence-corrected chi connectivity index (χ3v) is 5.23. The third-order valence-electron chi connectivity index (χ3n) is 4.03. The lowest BCUT2D eigenvalue weighted by molar-refractivity contribution is -0.201. The molecule has 2 aliphatic rings. The minimum Gasteiger partial charge on any atom is -0.244 e. The predicted octanol–water partition coefficient (Wildman–Crippen LogP) is 3.64. The van der Waals surface area contributed by atoms with E-state index in [-0.39, 0.29) is 11.8 Å². The molecule has 1 saturated carbocycles. The summed E-state index contributed by atoms with van der Waals surface area (Å²) in [6.07, 6.45) is -2.04. The summed E-state index contributed by atoms with van der Waals surface area (Å²) in [6.45, 7) is 2.73. The van der Waals surface area contributed by atoms with Crippen LogP contribution in [0, 0.1) is 17.8 Å². The molecule has 0 spiro atoms. The summed E-state index contributed by atoms with van der Waals surface area (Å²) in [5.41, 5.74) is 0. The van der Waals surface area contributed by atoms with Crippen LogP contribution >= 0.6 is 22.9 Å². The fourth-order valence-electron chi connectivity index (χ4n) is 3.18. The van der Waals surface area contributed by atoms with Crippen LogP contribution in [0.2, 0.25) is 0 Å². The van der Waals surface area contributed by atoms with Crippen molar-refractivity contribution in [1.29, 1.82) is 0 Å². The lowest BCUT2D eigenvalue weighted by Gasteiger charge is -2.39. The fourth-order valence-corrected chi connectivity index (χ4v) is 4.15. The Kier molecular flexibility index (Phi) is 3.23. The molecule has 0 radical (unpaired) electrons. The molecule has 0 amide bonds. The van der Waals surface area contributed by atoms with Gasteiger partial charge in [0, 0.05) is 35.5 Å². The summed E-state index contributed by atoms with van der Waals surface area (Å²) >= 11 is 2.26. The van der Waals surface area contributed by atoms with Gasteiger partial charge in [-0.3, -0.25) is 0 Å². The summed E-state index contributed by atoms with van der Waals surface area (Å²) in [7, 11) is 0. The minimum absolute atomic E-state index is 0.205. The fraction of sp³-hybridized carbons (Fsp3) is 1.00. The van der Waals surface area contributed by atoms with Crippen molar-refractivity contribution in [3.05, 3.63) is 0 Å². The lowest BCUT2D eigenvalue weighted by Crippen LogP contribution is -2.42. The van der Waals surface area contributed by atoms with Gasteiger partial charge in [-0.15, -0.1) is 0 Å². The molecule has 1 aliphatic heterocycles. The molecule has 1 aliphatic carbocycles. The highest BCUT2D eigenvalue weighted by atomic mass is 127. The Labute approximate surface area is 102 Å². The summed E-state index contributed by atoms with van der Waals surface area (Å²) in [6, 6.07) is 0.388. The first-order valence-electron chi connectivity index (χ1n) is 5.40. The Morgan fingerprint density at radius 2 is 1.87 bits per heavy atom. The van der Waals surface area contributed by atoms with E-state index in [9.17, 15) is 13.2 Å². The van der Waals surface area contributed by atoms with E-state index in [0.29, 0.717) is 18.9 Å². The van der Waals surface area contributed by atoms with Crippen LogP contribution in [0.4, 0.5) is 13.2 Å². The van der Waals surface area contributed by atoms with E-state index in [0.717, 1.165) is 13.0 Å². The topological polar surface area (TPSA) is 3.24 Å². The van der Waals surface area contributed by atoms with Gasteiger partial charge in [-0.1, -0.05) is 6.92 Å². The molecule has 0 bridgehead atoms. The Balaban J connectivity index is 2.11. The van der Waals surface area contributed by atoms with Crippen LogP contribution in [0.1, 0.15) is 26.2 Å². The van der Waals surface area contributed by atoms with Crippen LogP contribution in [-0.4, -0.2) is 21.9 Å². The first-order valence-corrected chi connectivity index (χ1v) is 6.37. The van der Waals surface area contributed by atoms with Gasteiger partial charge >= 0.3 is 6.18 Å². The largest absolute Gasteiger partial charge is 0.392 e. The Morgan fingerprint density at radius 1 is 1.20 bits per heavy atom. The van der Waals surface area contributed by atoms with Crippen molar-refractivity contribution in [1.82, 2.24) is 3.11 Å². The number of nitrogens with zero attached hydrogens (tertiary/aromatic N) is 1. The summed E-state index contributed by atoms with van der Waals surface area (Å²) in [4.78, 5) is 0. The molecule has 1 heterocycles. The van der Waals surface area contributed by atoms with Gasteiger partial charge in [0.05, 0.1) is 5.92 Å². The highest BCUT2D eigenvalue weighted by Gasteiger charge is 2.51. The zero-order chi connectivity index (χ0) is 11.2. The van der Waals surface area contributed by atoms with Crippen LogP contribution in [0.15, 0.2) is 0 Å². The number of rotatable bonds is 0. The first kappa shape index (κ1) is 12.0. The van der Waals surface area contributed by atoms with E-state index in [4.69, 9.17) is 0 Å². The lowest BCUT2D eigenvalue weighted by atomic mass is 9.70. The molecule has 0 aromatic carbocycles. The predicted molar refractivity (Wildman–Crippen MR) is 60.6 cm³/mol. The average molecular weight is 333 g/mol. The summed E-state index contributed by atoms with van der Waals surface area (Å²) in [5, 5.41) is 0. The maximum Gasteiger partial charge on any atom is 0.392 e. The molecule has 0 aromatic rings. The van der Waals surface area contributed by atoms with Gasteiger partial charge in [0.1, 0.15) is 0 Å². The number of halogens is 4. The van der Waals surface area contributed by atoms with Crippen molar-refractivity contribution < 1.29 is 13.2 Å². The molecule has 0 N–H and O–H groups in total. The van der Waals surface area contributed by atoms with Gasteiger partial charge in [-0.2, -0.15) is 13.2 Å². The van der Waals surface area contributed by atoms with E-state index < -0.39 is 12.1 Å². The highest BCUT2D eigenvalue weighted by molar-refractivity contribution is 14.1. The van der Waals surface area contributed by atoms with Crippen LogP contribution in [0.5, 0.6) is 0 Å². The van der Waals surface area contributed by atoms with Gasteiger partial charge in [-0.25, -0.2) is 3.11 Å². The number of hydrogen-bond acceptors (Lipinski definition) is 1. The Bertz CT molecular complexity index is 243. The number of fused-ring (bicyclic) bond motifs is 1. The van der Waals surface area contributed by atoms with Gasteiger partial charge < -0.3 is 0 Å². The number of hydrogen-bond donors (Lipinski definition) is 0. The summed E-state index contributed by atoms with van der Waals surface area (Å²) in [5.74, 6) is -1.02. The van der Waals surface area contributed by atoms with E-state index in [1.54, 1.807) is 6.92 Å². The van der Waals surface area contributed by atoms with Gasteiger partial charge in [0.15, 0.2) is 0 Å². The molecule has 4 atom stereocenters. The molecular formula is C10H15F3IN. The molecule has 4 unspecified atom stereocenters. The molecule has 15 heavy (non-hydrogen) atoms. The maximum atomic E-state index is 12.7. The van der Waals surface area contributed by atoms with E-state index >= 15 is 0 Å². The second-order valence-electron chi connectivity index (χ2n) is 4.73. The van der Waals surface area contributed by atoms with Crippen molar-refractivity contribution in [2.75, 3.05) is 6.54 Å². The van der Waals surface area contributed by atoms with Crippen LogP contribution in [-0.2, 0) is 0 Å². The molecule has 5 heteroatoms. The van der Waals surface area contributed by atoms with Gasteiger partial charge in [-0.05, 0) is 31.1 Å². The molecule has 1 saturated heterocycles. The normalized spacial score (nSPS) is 43.0. The van der Waals surface area contributed by atoms with Crippen LogP contribution < -0.4 is 0 Å². The molecule has 0 aromatic heterocycles. The highest BCUT2D eigenvalue weighted by Crippen LogP contribution is 2.49. The monoisotopic (exact) mass is 333 g/mol. The molecular weight excluding hydrogens is 318 g/mol. The quantitative estimate of drug-likeness (QED) is 0.483. The van der Waals surface area contributed by atoms with E-state index in [1.165, 1.54) is 0 Å². The smallest absolute Gasteiger partial charge is 0.244 e. The molecule has 1 nitrogen and oxygen atoms in total. The average Bonchev–Trinajstić information content (AvgIpc) is 2.47. The van der Waals surface area contributed by atoms with Crippen molar-refractivity contribution in [2.24, 2.45) is 17.8 Å². The number of alkyl halides is 3. The Hall–Kier alpha value is 0.480. The maximum absolute atomic E-state index is 12.7. The molecule has 88 valence electrons. The second-order valence-corrected chi connectivity index (χ2v) is 5.97. The minimum atomic E-state index is -4.00. The van der Waals surface area contributed by atoms with Crippen LogP contribution in [0.3, 0.4) is 0 Å². The van der Waals surface area contributed by atoms with Crippen molar-refractivity contribution >= 4 is 22.9 Å². The molecule has 2 fully saturated rings. The van der Waals surface area contributed by atoms with Crippen LogP contribution in [0.25, 0.3) is 0 Å². The standard InChI is InChI=1S/C10H15F3IN/c1-6-7-4-5-15(14)9(7)3-2-8(6)10(11,12)13/h6-9H,2-5H2,1H3. The second kappa shape index (κ2) is 4.05. The zero-order valence-corrected chi connectivity index (χ0v) is 10.8. The van der Waals surface area contributed by atoms with Crippen molar-refractivity contribution in [3.8, 4) is 0 Å². The Morgan fingerprint density at radius 3 is 2.47 bits per heavy atom. The molecule has 2 rings (SSSR count). The van der Waals surface area contributed by atoms with Crippen molar-refractivity contribution in [3.63, 3.8) is 0 Å². The van der Waals surface area contributed by atoms with Gasteiger partial charge in [0.25, 0.3) is 0 Å². The van der Waals surface area contributed by atoms with E-state index in [2.05, 4.69) is 26.0 Å².